The molecule has 4 heterocycles. The van der Waals surface area contributed by atoms with E-state index in [1.165, 1.54) is 0 Å². The van der Waals surface area contributed by atoms with Gasteiger partial charge in [0.15, 0.2) is 0 Å². The summed E-state index contributed by atoms with van der Waals surface area (Å²) in [5.41, 5.74) is 0.975. The molecule has 7 heteroatoms. The number of pyridine rings is 1. The van der Waals surface area contributed by atoms with Crippen molar-refractivity contribution in [3.05, 3.63) is 30.1 Å². The van der Waals surface area contributed by atoms with E-state index >= 15 is 0 Å². The molecule has 3 fully saturated rings. The first-order valence-corrected chi connectivity index (χ1v) is 10.1. The fourth-order valence-electron chi connectivity index (χ4n) is 4.65. The first-order valence-electron chi connectivity index (χ1n) is 10.1. The average molecular weight is 371 g/mol. The van der Waals surface area contributed by atoms with E-state index in [9.17, 15) is 9.59 Å². The largest absolute Gasteiger partial charge is 0.352 e. The Bertz CT molecular complexity index is 666. The molecule has 2 amide bonds. The maximum atomic E-state index is 12.7. The van der Waals surface area contributed by atoms with Crippen molar-refractivity contribution in [2.45, 2.75) is 44.2 Å². The summed E-state index contributed by atoms with van der Waals surface area (Å²) in [6.07, 6.45) is 8.15. The Morgan fingerprint density at radius 3 is 2.56 bits per heavy atom. The second kappa shape index (κ2) is 7.94. The van der Waals surface area contributed by atoms with Crippen LogP contribution in [0.3, 0.4) is 0 Å². The molecule has 3 aliphatic rings. The first-order chi connectivity index (χ1) is 13.2. The topological polar surface area (TPSA) is 86.4 Å². The van der Waals surface area contributed by atoms with Gasteiger partial charge in [-0.2, -0.15) is 0 Å². The lowest BCUT2D eigenvalue weighted by Gasteiger charge is -2.34. The molecule has 146 valence electrons. The van der Waals surface area contributed by atoms with Gasteiger partial charge in [-0.1, -0.05) is 0 Å². The van der Waals surface area contributed by atoms with Gasteiger partial charge in [-0.25, -0.2) is 0 Å². The summed E-state index contributed by atoms with van der Waals surface area (Å²) in [6, 6.07) is 3.59. The van der Waals surface area contributed by atoms with Crippen molar-refractivity contribution in [2.24, 2.45) is 5.41 Å². The van der Waals surface area contributed by atoms with Crippen molar-refractivity contribution in [1.29, 1.82) is 0 Å². The SMILES string of the molecule is O=C(NC1CCN(C(=O)c2ccncc2)CC1)C1CC2(CCNCC2)CN1. The summed E-state index contributed by atoms with van der Waals surface area (Å²) in [5, 5.41) is 10.1. The van der Waals surface area contributed by atoms with E-state index in [4.69, 9.17) is 0 Å². The molecule has 0 bridgehead atoms. The van der Waals surface area contributed by atoms with Crippen LogP contribution in [-0.4, -0.2) is 66.5 Å². The number of carbonyl (C=O) groups is 2. The van der Waals surface area contributed by atoms with E-state index in [2.05, 4.69) is 20.9 Å². The molecule has 3 aliphatic heterocycles. The number of hydrogen-bond acceptors (Lipinski definition) is 5. The molecule has 1 aromatic heterocycles. The van der Waals surface area contributed by atoms with Crippen LogP contribution in [0, 0.1) is 5.41 Å². The Morgan fingerprint density at radius 2 is 1.85 bits per heavy atom. The van der Waals surface area contributed by atoms with E-state index in [1.807, 2.05) is 4.90 Å². The van der Waals surface area contributed by atoms with Crippen LogP contribution in [0.4, 0.5) is 0 Å². The Morgan fingerprint density at radius 1 is 1.15 bits per heavy atom. The quantitative estimate of drug-likeness (QED) is 0.722. The summed E-state index contributed by atoms with van der Waals surface area (Å²) >= 11 is 0. The lowest BCUT2D eigenvalue weighted by molar-refractivity contribution is -0.124. The van der Waals surface area contributed by atoms with E-state index in [-0.39, 0.29) is 23.9 Å². The molecule has 4 rings (SSSR count). The van der Waals surface area contributed by atoms with Gasteiger partial charge in [0.25, 0.3) is 5.91 Å². The lowest BCUT2D eigenvalue weighted by Crippen LogP contribution is -2.50. The highest BCUT2D eigenvalue weighted by Crippen LogP contribution is 2.37. The van der Waals surface area contributed by atoms with Crippen molar-refractivity contribution < 1.29 is 9.59 Å². The van der Waals surface area contributed by atoms with Gasteiger partial charge in [0, 0.05) is 43.6 Å². The number of likely N-dealkylation sites (tertiary alicyclic amines) is 1. The summed E-state index contributed by atoms with van der Waals surface area (Å²) in [4.78, 5) is 31.0. The van der Waals surface area contributed by atoms with Crippen LogP contribution in [0.15, 0.2) is 24.5 Å². The van der Waals surface area contributed by atoms with E-state index in [0.717, 1.165) is 51.7 Å². The first kappa shape index (κ1) is 18.4. The molecule has 3 N–H and O–H groups in total. The molecular formula is C20H29N5O2. The molecule has 1 aromatic rings. The van der Waals surface area contributed by atoms with Crippen molar-refractivity contribution in [2.75, 3.05) is 32.7 Å². The fraction of sp³-hybridized carbons (Fsp3) is 0.650. The summed E-state index contributed by atoms with van der Waals surface area (Å²) < 4.78 is 0. The number of amides is 2. The van der Waals surface area contributed by atoms with Gasteiger partial charge in [-0.05, 0) is 62.7 Å². The zero-order valence-corrected chi connectivity index (χ0v) is 15.7. The number of nitrogens with zero attached hydrogens (tertiary/aromatic N) is 2. The minimum atomic E-state index is -0.0698. The molecule has 7 nitrogen and oxygen atoms in total. The van der Waals surface area contributed by atoms with Crippen LogP contribution < -0.4 is 16.0 Å². The number of carbonyl (C=O) groups excluding carboxylic acids is 2. The normalized spacial score (nSPS) is 25.5. The van der Waals surface area contributed by atoms with E-state index < -0.39 is 0 Å². The van der Waals surface area contributed by atoms with Gasteiger partial charge in [-0.15, -0.1) is 0 Å². The molecule has 0 radical (unpaired) electrons. The van der Waals surface area contributed by atoms with Crippen molar-refractivity contribution in [3.8, 4) is 0 Å². The maximum Gasteiger partial charge on any atom is 0.253 e. The van der Waals surface area contributed by atoms with Gasteiger partial charge in [0.1, 0.15) is 0 Å². The predicted molar refractivity (Wildman–Crippen MR) is 102 cm³/mol. The molecule has 0 aromatic carbocycles. The van der Waals surface area contributed by atoms with Crippen LogP contribution in [0.2, 0.25) is 0 Å². The van der Waals surface area contributed by atoms with Crippen LogP contribution in [-0.2, 0) is 4.79 Å². The highest BCUT2D eigenvalue weighted by Gasteiger charge is 2.42. The molecule has 1 spiro atoms. The smallest absolute Gasteiger partial charge is 0.253 e. The number of nitrogens with one attached hydrogen (secondary N) is 3. The highest BCUT2D eigenvalue weighted by molar-refractivity contribution is 5.94. The Balaban J connectivity index is 1.25. The summed E-state index contributed by atoms with van der Waals surface area (Å²) in [5.74, 6) is 0.178. The average Bonchev–Trinajstić information content (AvgIpc) is 3.12. The van der Waals surface area contributed by atoms with E-state index in [0.29, 0.717) is 24.1 Å². The zero-order valence-electron chi connectivity index (χ0n) is 15.7. The third kappa shape index (κ3) is 4.14. The standard InChI is InChI=1S/C20H29N5O2/c26-18(17-13-20(14-23-17)5-9-22-10-6-20)24-16-3-11-25(12-4-16)19(27)15-1-7-21-8-2-15/h1-2,7-8,16-17,22-23H,3-6,9-14H2,(H,24,26). The maximum absolute atomic E-state index is 12.7. The summed E-state index contributed by atoms with van der Waals surface area (Å²) in [7, 11) is 0. The van der Waals surface area contributed by atoms with Gasteiger partial charge < -0.3 is 20.9 Å². The molecule has 27 heavy (non-hydrogen) atoms. The van der Waals surface area contributed by atoms with Crippen molar-refractivity contribution in [1.82, 2.24) is 25.8 Å². The lowest BCUT2D eigenvalue weighted by atomic mass is 9.77. The third-order valence-electron chi connectivity index (χ3n) is 6.40. The van der Waals surface area contributed by atoms with Gasteiger partial charge in [-0.3, -0.25) is 14.6 Å². The Labute approximate surface area is 160 Å². The molecule has 3 saturated heterocycles. The third-order valence-corrected chi connectivity index (χ3v) is 6.40. The van der Waals surface area contributed by atoms with Crippen LogP contribution in [0.25, 0.3) is 0 Å². The van der Waals surface area contributed by atoms with Gasteiger partial charge >= 0.3 is 0 Å². The molecule has 0 aliphatic carbocycles. The molecule has 0 saturated carbocycles. The highest BCUT2D eigenvalue weighted by atomic mass is 16.2. The fourth-order valence-corrected chi connectivity index (χ4v) is 4.65. The zero-order chi connectivity index (χ0) is 18.7. The molecular weight excluding hydrogens is 342 g/mol. The predicted octanol–water partition coefficient (Wildman–Crippen LogP) is 0.534. The van der Waals surface area contributed by atoms with Crippen LogP contribution >= 0.6 is 0 Å². The van der Waals surface area contributed by atoms with Crippen LogP contribution in [0.5, 0.6) is 0 Å². The Kier molecular flexibility index (Phi) is 5.41. The van der Waals surface area contributed by atoms with Gasteiger partial charge in [0.2, 0.25) is 5.91 Å². The second-order valence-corrected chi connectivity index (χ2v) is 8.20. The number of aromatic nitrogens is 1. The van der Waals surface area contributed by atoms with E-state index in [1.54, 1.807) is 24.5 Å². The second-order valence-electron chi connectivity index (χ2n) is 8.20. The minimum Gasteiger partial charge on any atom is -0.352 e. The van der Waals surface area contributed by atoms with Crippen molar-refractivity contribution >= 4 is 11.8 Å². The molecule has 1 atom stereocenters. The monoisotopic (exact) mass is 371 g/mol. The van der Waals surface area contributed by atoms with Crippen molar-refractivity contribution in [3.63, 3.8) is 0 Å². The van der Waals surface area contributed by atoms with Gasteiger partial charge in [0.05, 0.1) is 6.04 Å². The summed E-state index contributed by atoms with van der Waals surface area (Å²) in [6.45, 7) is 4.42. The number of hydrogen-bond donors (Lipinski definition) is 3. The number of rotatable bonds is 3. The number of piperidine rings is 2. The minimum absolute atomic E-state index is 0.0486. The molecule has 1 unspecified atom stereocenters. The van der Waals surface area contributed by atoms with Crippen LogP contribution in [0.1, 0.15) is 42.5 Å². The Hall–Kier alpha value is -1.99.